The van der Waals surface area contributed by atoms with Gasteiger partial charge in [-0.05, 0) is 96.9 Å². The molecule has 0 N–H and O–H groups in total. The van der Waals surface area contributed by atoms with Gasteiger partial charge in [0.2, 0.25) is 0 Å². The molecule has 186 valence electrons. The Morgan fingerprint density at radius 1 is 0.789 bits per heavy atom. The second-order valence-electron chi connectivity index (χ2n) is 9.07. The fourth-order valence-corrected chi connectivity index (χ4v) is 6.14. The molecule has 5 aromatic rings. The van der Waals surface area contributed by atoms with Crippen LogP contribution in [-0.4, -0.2) is 16.0 Å². The molecule has 4 nitrogen and oxygen atoms in total. The number of ether oxygens (including phenoxy) is 1. The molecular weight excluding hydrogens is 605 g/mol. The smallest absolute Gasteiger partial charge is 0.293 e. The van der Waals surface area contributed by atoms with Crippen molar-refractivity contribution in [1.82, 2.24) is 4.90 Å². The lowest BCUT2D eigenvalue weighted by atomic mass is 10.0. The number of rotatable bonds is 6. The fraction of sp³-hybridized carbons (Fsp3) is 0.0625. The first kappa shape index (κ1) is 24.7. The molecule has 1 saturated heterocycles. The van der Waals surface area contributed by atoms with Crippen LogP contribution in [0.15, 0.2) is 108 Å². The Balaban J connectivity index is 1.16. The van der Waals surface area contributed by atoms with Crippen molar-refractivity contribution in [3.05, 3.63) is 128 Å². The number of hydrogen-bond donors (Lipinski definition) is 0. The normalized spacial score (nSPS) is 14.7. The van der Waals surface area contributed by atoms with Crippen LogP contribution in [-0.2, 0) is 17.9 Å². The molecule has 0 aliphatic carbocycles. The van der Waals surface area contributed by atoms with Gasteiger partial charge in [-0.3, -0.25) is 14.5 Å². The van der Waals surface area contributed by atoms with Crippen LogP contribution in [0.25, 0.3) is 27.6 Å². The number of amides is 2. The zero-order valence-electron chi connectivity index (χ0n) is 20.3. The van der Waals surface area contributed by atoms with Crippen LogP contribution in [0.2, 0.25) is 0 Å². The summed E-state index contributed by atoms with van der Waals surface area (Å²) >= 11 is 3.23. The molecule has 1 aliphatic heterocycles. The average molecular weight is 628 g/mol. The summed E-state index contributed by atoms with van der Waals surface area (Å²) in [6.07, 6.45) is 1.78. The molecule has 0 saturated carbocycles. The number of carbonyl (C=O) groups excluding carboxylic acids is 2. The van der Waals surface area contributed by atoms with Crippen molar-refractivity contribution in [1.29, 1.82) is 0 Å². The Labute approximate surface area is 238 Å². The van der Waals surface area contributed by atoms with Gasteiger partial charge in [0.15, 0.2) is 0 Å². The van der Waals surface area contributed by atoms with Gasteiger partial charge in [0, 0.05) is 0 Å². The topological polar surface area (TPSA) is 46.6 Å². The number of thioether (sulfide) groups is 1. The molecule has 0 bridgehead atoms. The Morgan fingerprint density at radius 2 is 1.55 bits per heavy atom. The third-order valence-corrected chi connectivity index (χ3v) is 8.29. The average Bonchev–Trinajstić information content (AvgIpc) is 3.20. The first-order valence-corrected chi connectivity index (χ1v) is 14.1. The maximum atomic E-state index is 13.2. The van der Waals surface area contributed by atoms with E-state index in [-0.39, 0.29) is 17.7 Å². The minimum atomic E-state index is -0.264. The highest BCUT2D eigenvalue weighted by Crippen LogP contribution is 2.35. The summed E-state index contributed by atoms with van der Waals surface area (Å²) in [6, 6.07) is 34.3. The van der Waals surface area contributed by atoms with Crippen molar-refractivity contribution in [3.63, 3.8) is 0 Å². The number of halogens is 1. The maximum absolute atomic E-state index is 13.2. The summed E-state index contributed by atoms with van der Waals surface area (Å²) in [5.74, 6) is 0.513. The third kappa shape index (κ3) is 5.06. The molecule has 6 heteroatoms. The van der Waals surface area contributed by atoms with E-state index in [4.69, 9.17) is 4.74 Å². The van der Waals surface area contributed by atoms with Crippen LogP contribution in [0.3, 0.4) is 0 Å². The Hall–Kier alpha value is -3.62. The van der Waals surface area contributed by atoms with Gasteiger partial charge < -0.3 is 4.74 Å². The van der Waals surface area contributed by atoms with E-state index in [1.165, 1.54) is 15.7 Å². The van der Waals surface area contributed by atoms with E-state index in [1.54, 1.807) is 6.08 Å². The SMILES string of the molecule is O=C1S/C(=C/c2ccc(OCc3ccc4ccccc4c3)c(I)c2)C(=O)N1Cc1cccc2ccccc12. The van der Waals surface area contributed by atoms with Crippen LogP contribution in [0.1, 0.15) is 16.7 Å². The van der Waals surface area contributed by atoms with Crippen molar-refractivity contribution in [3.8, 4) is 5.75 Å². The molecule has 1 fully saturated rings. The van der Waals surface area contributed by atoms with Gasteiger partial charge in [0.1, 0.15) is 12.4 Å². The molecule has 1 heterocycles. The molecule has 2 amide bonds. The molecule has 5 aromatic carbocycles. The van der Waals surface area contributed by atoms with Crippen molar-refractivity contribution in [2.45, 2.75) is 13.2 Å². The quantitative estimate of drug-likeness (QED) is 0.140. The summed E-state index contributed by atoms with van der Waals surface area (Å²) in [6.45, 7) is 0.718. The number of hydrogen-bond acceptors (Lipinski definition) is 4. The molecule has 0 radical (unpaired) electrons. The molecule has 38 heavy (non-hydrogen) atoms. The zero-order chi connectivity index (χ0) is 26.1. The van der Waals surface area contributed by atoms with Gasteiger partial charge >= 0.3 is 0 Å². The van der Waals surface area contributed by atoms with Crippen molar-refractivity contribution < 1.29 is 14.3 Å². The van der Waals surface area contributed by atoms with E-state index < -0.39 is 0 Å². The third-order valence-electron chi connectivity index (χ3n) is 6.54. The van der Waals surface area contributed by atoms with Gasteiger partial charge in [-0.2, -0.15) is 0 Å². The Morgan fingerprint density at radius 3 is 2.39 bits per heavy atom. The summed E-state index contributed by atoms with van der Waals surface area (Å²) in [5.41, 5.74) is 2.90. The highest BCUT2D eigenvalue weighted by atomic mass is 127. The second kappa shape index (κ2) is 10.6. The number of imide groups is 1. The van der Waals surface area contributed by atoms with E-state index in [2.05, 4.69) is 52.9 Å². The number of benzene rings is 5. The standard InChI is InChI=1S/C32H22INO3S/c33-28-17-21(13-15-29(28)37-20-22-12-14-23-6-1-2-8-25(23)16-22)18-30-31(35)34(32(36)38-30)19-26-10-5-9-24-7-3-4-11-27(24)26/h1-18H,19-20H2/b30-18+. The van der Waals surface area contributed by atoms with Crippen molar-refractivity contribution in [2.75, 3.05) is 0 Å². The summed E-state index contributed by atoms with van der Waals surface area (Å²) < 4.78 is 7.03. The number of fused-ring (bicyclic) bond motifs is 2. The molecular formula is C32H22INO3S. The first-order valence-electron chi connectivity index (χ1n) is 12.2. The van der Waals surface area contributed by atoms with E-state index >= 15 is 0 Å². The van der Waals surface area contributed by atoms with Gasteiger partial charge in [-0.1, -0.05) is 84.9 Å². The van der Waals surface area contributed by atoms with Crippen LogP contribution < -0.4 is 4.74 Å². The van der Waals surface area contributed by atoms with Gasteiger partial charge in [-0.15, -0.1) is 0 Å². The molecule has 0 unspecified atom stereocenters. The maximum Gasteiger partial charge on any atom is 0.293 e. The highest BCUT2D eigenvalue weighted by molar-refractivity contribution is 14.1. The predicted octanol–water partition coefficient (Wildman–Crippen LogP) is 8.41. The first-order chi connectivity index (χ1) is 18.5. The molecule has 0 spiro atoms. The number of nitrogens with zero attached hydrogens (tertiary/aromatic N) is 1. The van der Waals surface area contributed by atoms with Crippen molar-refractivity contribution >= 4 is 73.1 Å². The zero-order valence-corrected chi connectivity index (χ0v) is 23.2. The van der Waals surface area contributed by atoms with E-state index in [1.807, 2.05) is 72.8 Å². The Bertz CT molecular complexity index is 1740. The Kier molecular flexibility index (Phi) is 6.91. The summed E-state index contributed by atoms with van der Waals surface area (Å²) in [5, 5.41) is 4.28. The van der Waals surface area contributed by atoms with Crippen LogP contribution >= 0.6 is 34.4 Å². The largest absolute Gasteiger partial charge is 0.488 e. The fourth-order valence-electron chi connectivity index (χ4n) is 4.60. The second-order valence-corrected chi connectivity index (χ2v) is 11.2. The lowest BCUT2D eigenvalue weighted by Gasteiger charge is -2.14. The van der Waals surface area contributed by atoms with Crippen LogP contribution in [0, 0.1) is 3.57 Å². The van der Waals surface area contributed by atoms with Crippen molar-refractivity contribution in [2.24, 2.45) is 0 Å². The predicted molar refractivity (Wildman–Crippen MR) is 163 cm³/mol. The monoisotopic (exact) mass is 627 g/mol. The van der Waals surface area contributed by atoms with Gasteiger partial charge in [0.25, 0.3) is 11.1 Å². The lowest BCUT2D eigenvalue weighted by molar-refractivity contribution is -0.123. The van der Waals surface area contributed by atoms with Crippen LogP contribution in [0.5, 0.6) is 5.75 Å². The van der Waals surface area contributed by atoms with E-state index in [9.17, 15) is 9.59 Å². The highest BCUT2D eigenvalue weighted by Gasteiger charge is 2.35. The summed E-state index contributed by atoms with van der Waals surface area (Å²) in [4.78, 5) is 27.7. The lowest BCUT2D eigenvalue weighted by Crippen LogP contribution is -2.27. The van der Waals surface area contributed by atoms with E-state index in [0.717, 1.165) is 48.5 Å². The van der Waals surface area contributed by atoms with Gasteiger partial charge in [-0.25, -0.2) is 0 Å². The molecule has 0 atom stereocenters. The summed E-state index contributed by atoms with van der Waals surface area (Å²) in [7, 11) is 0. The minimum absolute atomic E-state index is 0.251. The van der Waals surface area contributed by atoms with E-state index in [0.29, 0.717) is 11.5 Å². The molecule has 1 aliphatic rings. The molecule has 0 aromatic heterocycles. The minimum Gasteiger partial charge on any atom is -0.488 e. The number of carbonyl (C=O) groups is 2. The van der Waals surface area contributed by atoms with Gasteiger partial charge in [0.05, 0.1) is 15.0 Å². The molecule has 6 rings (SSSR count). The van der Waals surface area contributed by atoms with Crippen LogP contribution in [0.4, 0.5) is 4.79 Å².